The first kappa shape index (κ1) is 23.8. The molecule has 2 heterocycles. The molecule has 0 radical (unpaired) electrons. The number of thioether (sulfide) groups is 1. The van der Waals surface area contributed by atoms with Crippen molar-refractivity contribution in [1.82, 2.24) is 16.0 Å². The van der Waals surface area contributed by atoms with Crippen molar-refractivity contribution in [2.75, 3.05) is 13.7 Å². The molecule has 2 aliphatic rings. The van der Waals surface area contributed by atoms with Gasteiger partial charge in [0.25, 0.3) is 5.91 Å². The lowest BCUT2D eigenvalue weighted by Gasteiger charge is -2.33. The number of aromatic carboxylic acids is 1. The number of carboxylic acids is 1. The number of hydrogen-bond donors (Lipinski definition) is 4. The summed E-state index contributed by atoms with van der Waals surface area (Å²) in [6.45, 7) is 0.871. The van der Waals surface area contributed by atoms with Gasteiger partial charge in [0.1, 0.15) is 5.75 Å². The van der Waals surface area contributed by atoms with E-state index in [1.165, 1.54) is 23.9 Å². The predicted octanol–water partition coefficient (Wildman–Crippen LogP) is 1.84. The summed E-state index contributed by atoms with van der Waals surface area (Å²) in [7, 11) is 1.58. The van der Waals surface area contributed by atoms with Gasteiger partial charge >= 0.3 is 5.97 Å². The first-order chi connectivity index (χ1) is 16.4. The zero-order valence-corrected chi connectivity index (χ0v) is 19.3. The van der Waals surface area contributed by atoms with Crippen LogP contribution in [0.3, 0.4) is 0 Å². The van der Waals surface area contributed by atoms with E-state index in [9.17, 15) is 14.4 Å². The lowest BCUT2D eigenvalue weighted by Crippen LogP contribution is -2.64. The van der Waals surface area contributed by atoms with Crippen LogP contribution >= 0.6 is 11.8 Å². The third-order valence-corrected chi connectivity index (χ3v) is 6.71. The Balaban J connectivity index is 1.26. The molecule has 0 aliphatic carbocycles. The fourth-order valence-electron chi connectivity index (χ4n) is 3.76. The van der Waals surface area contributed by atoms with Gasteiger partial charge < -0.3 is 25.2 Å². The quantitative estimate of drug-likeness (QED) is 0.426. The SMILES string of the molecule is COc1cccc(CNC(=O)C2NC(=O)C3C(COCc4ccc(C(=O)O)cc4)=CSC3N2)c1. The van der Waals surface area contributed by atoms with Crippen LogP contribution in [0.25, 0.3) is 0 Å². The van der Waals surface area contributed by atoms with Crippen LogP contribution in [0.5, 0.6) is 5.75 Å². The van der Waals surface area contributed by atoms with Gasteiger partial charge in [-0.1, -0.05) is 24.3 Å². The molecule has 0 aromatic heterocycles. The third-order valence-electron chi connectivity index (χ3n) is 5.57. The van der Waals surface area contributed by atoms with E-state index in [0.717, 1.165) is 16.7 Å². The minimum atomic E-state index is -0.977. The molecule has 34 heavy (non-hydrogen) atoms. The molecule has 0 saturated carbocycles. The molecule has 178 valence electrons. The summed E-state index contributed by atoms with van der Waals surface area (Å²) in [4.78, 5) is 36.4. The summed E-state index contributed by atoms with van der Waals surface area (Å²) in [6, 6.07) is 13.9. The summed E-state index contributed by atoms with van der Waals surface area (Å²) in [5.41, 5.74) is 2.78. The minimum Gasteiger partial charge on any atom is -0.497 e. The zero-order valence-electron chi connectivity index (χ0n) is 18.4. The fourth-order valence-corrected chi connectivity index (χ4v) is 4.96. The maximum absolute atomic E-state index is 12.8. The molecular formula is C24H25N3O6S. The number of ether oxygens (including phenoxy) is 2. The van der Waals surface area contributed by atoms with Crippen molar-refractivity contribution < 1.29 is 29.0 Å². The van der Waals surface area contributed by atoms with E-state index in [4.69, 9.17) is 14.6 Å². The lowest BCUT2D eigenvalue weighted by molar-refractivity contribution is -0.134. The largest absolute Gasteiger partial charge is 0.497 e. The summed E-state index contributed by atoms with van der Waals surface area (Å²) in [5.74, 6) is -1.24. The van der Waals surface area contributed by atoms with E-state index in [1.54, 1.807) is 19.2 Å². The molecule has 2 amide bonds. The second-order valence-electron chi connectivity index (χ2n) is 7.90. The highest BCUT2D eigenvalue weighted by Crippen LogP contribution is 2.36. The van der Waals surface area contributed by atoms with Crippen molar-refractivity contribution in [3.63, 3.8) is 0 Å². The van der Waals surface area contributed by atoms with Crippen molar-refractivity contribution in [3.05, 3.63) is 76.2 Å². The van der Waals surface area contributed by atoms with Gasteiger partial charge in [-0.2, -0.15) is 0 Å². The monoisotopic (exact) mass is 483 g/mol. The van der Waals surface area contributed by atoms with Crippen molar-refractivity contribution in [3.8, 4) is 5.75 Å². The molecule has 2 aromatic rings. The van der Waals surface area contributed by atoms with Gasteiger partial charge in [-0.05, 0) is 46.4 Å². The third kappa shape index (κ3) is 5.58. The predicted molar refractivity (Wildman–Crippen MR) is 126 cm³/mol. The first-order valence-corrected chi connectivity index (χ1v) is 11.6. The van der Waals surface area contributed by atoms with E-state index >= 15 is 0 Å². The molecule has 1 saturated heterocycles. The molecular weight excluding hydrogens is 458 g/mol. The Morgan fingerprint density at radius 1 is 1.12 bits per heavy atom. The summed E-state index contributed by atoms with van der Waals surface area (Å²) in [5, 5.41) is 19.4. The molecule has 3 unspecified atom stereocenters. The second-order valence-corrected chi connectivity index (χ2v) is 8.92. The summed E-state index contributed by atoms with van der Waals surface area (Å²) < 4.78 is 10.9. The van der Waals surface area contributed by atoms with Gasteiger partial charge in [-0.25, -0.2) is 4.79 Å². The van der Waals surface area contributed by atoms with E-state index in [1.807, 2.05) is 29.7 Å². The Hall–Kier alpha value is -3.34. The first-order valence-electron chi connectivity index (χ1n) is 10.7. The smallest absolute Gasteiger partial charge is 0.335 e. The Kier molecular flexibility index (Phi) is 7.51. The number of fused-ring (bicyclic) bond motifs is 1. The van der Waals surface area contributed by atoms with Crippen LogP contribution in [0.2, 0.25) is 0 Å². The van der Waals surface area contributed by atoms with E-state index < -0.39 is 18.1 Å². The Bertz CT molecular complexity index is 1100. The van der Waals surface area contributed by atoms with Crippen LogP contribution in [-0.4, -0.2) is 48.1 Å². The van der Waals surface area contributed by atoms with Crippen molar-refractivity contribution in [1.29, 1.82) is 0 Å². The van der Waals surface area contributed by atoms with E-state index in [-0.39, 0.29) is 29.4 Å². The van der Waals surface area contributed by atoms with Gasteiger partial charge in [0.2, 0.25) is 5.91 Å². The normalized spacial score (nSPS) is 21.3. The van der Waals surface area contributed by atoms with Crippen LogP contribution in [0.15, 0.2) is 59.5 Å². The number of hydrogen-bond acceptors (Lipinski definition) is 7. The minimum absolute atomic E-state index is 0.216. The van der Waals surface area contributed by atoms with Gasteiger partial charge in [-0.3, -0.25) is 14.9 Å². The Morgan fingerprint density at radius 3 is 2.65 bits per heavy atom. The molecule has 1 fully saturated rings. The number of methoxy groups -OCH3 is 1. The molecule has 4 N–H and O–H groups in total. The fraction of sp³-hybridized carbons (Fsp3) is 0.292. The molecule has 9 nitrogen and oxygen atoms in total. The second kappa shape index (κ2) is 10.7. The molecule has 0 spiro atoms. The highest BCUT2D eigenvalue weighted by Gasteiger charge is 2.43. The van der Waals surface area contributed by atoms with Gasteiger partial charge in [0, 0.05) is 6.54 Å². The molecule has 2 aliphatic heterocycles. The van der Waals surface area contributed by atoms with Crippen LogP contribution in [0, 0.1) is 5.92 Å². The van der Waals surface area contributed by atoms with Gasteiger partial charge in [0.15, 0.2) is 6.17 Å². The number of amides is 2. The topological polar surface area (TPSA) is 126 Å². The molecule has 3 atom stereocenters. The number of carbonyl (C=O) groups is 3. The van der Waals surface area contributed by atoms with Crippen LogP contribution < -0.4 is 20.7 Å². The van der Waals surface area contributed by atoms with Crippen LogP contribution in [0.4, 0.5) is 0 Å². The van der Waals surface area contributed by atoms with Crippen molar-refractivity contribution >= 4 is 29.5 Å². The highest BCUT2D eigenvalue weighted by atomic mass is 32.2. The number of rotatable bonds is 9. The highest BCUT2D eigenvalue weighted by molar-refractivity contribution is 8.03. The summed E-state index contributed by atoms with van der Waals surface area (Å²) >= 11 is 1.45. The van der Waals surface area contributed by atoms with Gasteiger partial charge in [0.05, 0.1) is 37.2 Å². The number of benzene rings is 2. The van der Waals surface area contributed by atoms with Gasteiger partial charge in [-0.15, -0.1) is 11.8 Å². The average molecular weight is 484 g/mol. The lowest BCUT2D eigenvalue weighted by atomic mass is 9.97. The number of carboxylic acid groups (broad SMARTS) is 1. The molecule has 2 aromatic carbocycles. The maximum Gasteiger partial charge on any atom is 0.335 e. The standard InChI is InChI=1S/C24H25N3O6S/c1-32-18-4-2-3-15(9-18)10-25-22(29)20-26-21(28)19-17(13-34-23(19)27-20)12-33-11-14-5-7-16(8-6-14)24(30)31/h2-9,13,19-20,23,27H,10-12H2,1H3,(H,25,29)(H,26,28)(H,30,31). The molecule has 4 rings (SSSR count). The van der Waals surface area contributed by atoms with Crippen molar-refractivity contribution in [2.45, 2.75) is 24.7 Å². The average Bonchev–Trinajstić information content (AvgIpc) is 3.26. The van der Waals surface area contributed by atoms with E-state index in [0.29, 0.717) is 18.9 Å². The van der Waals surface area contributed by atoms with E-state index in [2.05, 4.69) is 16.0 Å². The maximum atomic E-state index is 12.8. The Labute approximate surface area is 200 Å². The van der Waals surface area contributed by atoms with Crippen molar-refractivity contribution in [2.24, 2.45) is 5.92 Å². The molecule has 0 bridgehead atoms. The van der Waals surface area contributed by atoms with Crippen LogP contribution in [0.1, 0.15) is 21.5 Å². The van der Waals surface area contributed by atoms with Crippen LogP contribution in [-0.2, 0) is 27.5 Å². The Morgan fingerprint density at radius 2 is 1.91 bits per heavy atom. The summed E-state index contributed by atoms with van der Waals surface area (Å²) in [6.07, 6.45) is -0.826. The molecule has 10 heteroatoms. The number of carbonyl (C=O) groups excluding carboxylic acids is 2. The number of nitrogens with one attached hydrogen (secondary N) is 3. The zero-order chi connectivity index (χ0) is 24.1.